The number of carbonyl (C=O) groups is 1. The van der Waals surface area contributed by atoms with Crippen LogP contribution in [0.1, 0.15) is 28.4 Å². The number of halogens is 1. The van der Waals surface area contributed by atoms with Gasteiger partial charge < -0.3 is 4.90 Å². The van der Waals surface area contributed by atoms with Gasteiger partial charge in [0.1, 0.15) is 0 Å². The molecule has 0 unspecified atom stereocenters. The van der Waals surface area contributed by atoms with Crippen LogP contribution in [0.2, 0.25) is 0 Å². The van der Waals surface area contributed by atoms with Crippen LogP contribution in [0.4, 0.5) is 5.13 Å². The highest BCUT2D eigenvalue weighted by Crippen LogP contribution is 2.34. The number of aryl methyl sites for hydroxylation is 2. The zero-order chi connectivity index (χ0) is 20.3. The molecule has 0 aliphatic carbocycles. The van der Waals surface area contributed by atoms with E-state index in [0.717, 1.165) is 43.7 Å². The van der Waals surface area contributed by atoms with E-state index in [2.05, 4.69) is 37.8 Å². The van der Waals surface area contributed by atoms with Crippen molar-refractivity contribution in [3.63, 3.8) is 0 Å². The number of carbonyl (C=O) groups excluding carboxylic acids is 1. The number of thiazole rings is 1. The second-order valence-electron chi connectivity index (χ2n) is 7.06. The zero-order valence-corrected chi connectivity index (χ0v) is 20.0. The molecular weight excluding hydrogens is 422 g/mol. The molecule has 2 aromatic carbocycles. The van der Waals surface area contributed by atoms with Crippen LogP contribution in [-0.2, 0) is 0 Å². The Morgan fingerprint density at radius 2 is 1.76 bits per heavy atom. The van der Waals surface area contributed by atoms with Gasteiger partial charge in [0.15, 0.2) is 5.13 Å². The van der Waals surface area contributed by atoms with Gasteiger partial charge in [-0.2, -0.15) is 0 Å². The topological polar surface area (TPSA) is 36.4 Å². The summed E-state index contributed by atoms with van der Waals surface area (Å²) in [6.07, 6.45) is 0. The quantitative estimate of drug-likeness (QED) is 0.436. The summed E-state index contributed by atoms with van der Waals surface area (Å²) < 4.78 is 1.16. The van der Waals surface area contributed by atoms with E-state index in [-0.39, 0.29) is 18.3 Å². The van der Waals surface area contributed by atoms with Gasteiger partial charge in [0.05, 0.1) is 15.8 Å². The lowest BCUT2D eigenvalue weighted by atomic mass is 10.1. The number of nitrogens with zero attached hydrogens (tertiary/aromatic N) is 3. The van der Waals surface area contributed by atoms with E-state index in [1.807, 2.05) is 43.3 Å². The van der Waals surface area contributed by atoms with Crippen LogP contribution in [0.5, 0.6) is 0 Å². The van der Waals surface area contributed by atoms with Crippen molar-refractivity contribution >= 4 is 56.8 Å². The zero-order valence-electron chi connectivity index (χ0n) is 17.6. The minimum Gasteiger partial charge on any atom is -0.308 e. The van der Waals surface area contributed by atoms with Crippen LogP contribution in [0.25, 0.3) is 10.2 Å². The predicted molar refractivity (Wildman–Crippen MR) is 129 cm³/mol. The summed E-state index contributed by atoms with van der Waals surface area (Å²) in [6, 6.07) is 12.1. The number of rotatable bonds is 7. The molecular formula is C22H28ClN3OS2. The molecule has 0 fully saturated rings. The summed E-state index contributed by atoms with van der Waals surface area (Å²) in [5, 5.41) is 0.774. The molecule has 3 aromatic rings. The smallest absolute Gasteiger partial charge is 0.261 e. The van der Waals surface area contributed by atoms with Gasteiger partial charge in [0.25, 0.3) is 5.91 Å². The number of likely N-dealkylation sites (N-methyl/N-ethyl adjacent to an activating group) is 1. The maximum absolute atomic E-state index is 13.6. The number of anilines is 1. The summed E-state index contributed by atoms with van der Waals surface area (Å²) in [7, 11) is 4.05. The highest BCUT2D eigenvalue weighted by Gasteiger charge is 2.24. The lowest BCUT2D eigenvalue weighted by molar-refractivity contribution is 0.0982. The van der Waals surface area contributed by atoms with Gasteiger partial charge in [0, 0.05) is 18.0 Å². The fourth-order valence-electron chi connectivity index (χ4n) is 3.02. The first-order chi connectivity index (χ1) is 13.4. The Morgan fingerprint density at radius 3 is 2.41 bits per heavy atom. The van der Waals surface area contributed by atoms with E-state index in [1.54, 1.807) is 23.1 Å². The van der Waals surface area contributed by atoms with E-state index in [1.165, 1.54) is 5.56 Å². The highest BCUT2D eigenvalue weighted by atomic mass is 35.5. The van der Waals surface area contributed by atoms with Crippen molar-refractivity contribution in [1.82, 2.24) is 9.88 Å². The van der Waals surface area contributed by atoms with E-state index in [4.69, 9.17) is 4.98 Å². The number of amides is 1. The van der Waals surface area contributed by atoms with Crippen LogP contribution < -0.4 is 4.90 Å². The van der Waals surface area contributed by atoms with Gasteiger partial charge in [-0.3, -0.25) is 9.69 Å². The molecule has 7 heteroatoms. The Balaban J connectivity index is 0.00000300. The van der Waals surface area contributed by atoms with Gasteiger partial charge in [-0.1, -0.05) is 42.5 Å². The van der Waals surface area contributed by atoms with Crippen molar-refractivity contribution < 1.29 is 4.79 Å². The molecule has 0 N–H and O–H groups in total. The predicted octanol–water partition coefficient (Wildman–Crippen LogP) is 5.66. The summed E-state index contributed by atoms with van der Waals surface area (Å²) in [4.78, 5) is 23.4. The molecule has 0 saturated heterocycles. The second-order valence-corrected chi connectivity index (χ2v) is 9.35. The van der Waals surface area contributed by atoms with E-state index in [9.17, 15) is 4.79 Å². The molecule has 0 radical (unpaired) electrons. The van der Waals surface area contributed by atoms with Crippen molar-refractivity contribution in [2.45, 2.75) is 25.7 Å². The van der Waals surface area contributed by atoms with Crippen LogP contribution in [0, 0.1) is 13.8 Å². The monoisotopic (exact) mass is 449 g/mol. The van der Waals surface area contributed by atoms with E-state index < -0.39 is 0 Å². The van der Waals surface area contributed by atoms with E-state index in [0.29, 0.717) is 6.54 Å². The Hall–Kier alpha value is -1.60. The molecule has 0 aliphatic heterocycles. The molecule has 0 saturated carbocycles. The van der Waals surface area contributed by atoms with Crippen molar-refractivity contribution in [2.75, 3.05) is 37.8 Å². The Labute approximate surface area is 187 Å². The van der Waals surface area contributed by atoms with Crippen molar-refractivity contribution in [2.24, 2.45) is 0 Å². The molecule has 4 nitrogen and oxygen atoms in total. The maximum Gasteiger partial charge on any atom is 0.261 e. The maximum atomic E-state index is 13.6. The summed E-state index contributed by atoms with van der Waals surface area (Å²) in [5.74, 6) is 0.953. The lowest BCUT2D eigenvalue weighted by Crippen LogP contribution is -2.37. The number of aromatic nitrogens is 1. The number of hydrogen-bond acceptors (Lipinski definition) is 5. The fraction of sp³-hybridized carbons (Fsp3) is 0.364. The van der Waals surface area contributed by atoms with Crippen molar-refractivity contribution in [3.8, 4) is 0 Å². The summed E-state index contributed by atoms with van der Waals surface area (Å²) in [6.45, 7) is 7.67. The van der Waals surface area contributed by atoms with Crippen LogP contribution in [-0.4, -0.2) is 48.7 Å². The largest absolute Gasteiger partial charge is 0.308 e. The summed E-state index contributed by atoms with van der Waals surface area (Å²) in [5.41, 5.74) is 4.09. The first-order valence-electron chi connectivity index (χ1n) is 9.47. The van der Waals surface area contributed by atoms with Crippen LogP contribution >= 0.6 is 35.5 Å². The average molecular weight is 450 g/mol. The molecule has 3 rings (SSSR count). The van der Waals surface area contributed by atoms with Gasteiger partial charge >= 0.3 is 0 Å². The molecule has 0 spiro atoms. The Bertz CT molecular complexity index is 948. The second kappa shape index (κ2) is 10.4. The minimum atomic E-state index is 0. The molecule has 0 bridgehead atoms. The third-order valence-corrected chi connectivity index (χ3v) is 6.76. The van der Waals surface area contributed by atoms with Gasteiger partial charge in [-0.05, 0) is 57.0 Å². The summed E-state index contributed by atoms with van der Waals surface area (Å²) >= 11 is 3.31. The standard InChI is InChI=1S/C22H27N3OS2.ClH/c1-6-27-18-10-8-7-9-17(18)21(26)25(14-13-24(4)5)22-23-19-15(2)11-12-16(3)20(19)28-22;/h7-12H,6,13-14H2,1-5H3;1H. The van der Waals surface area contributed by atoms with Gasteiger partial charge in [-0.25, -0.2) is 4.98 Å². The van der Waals surface area contributed by atoms with Gasteiger partial charge in [0.2, 0.25) is 0 Å². The third-order valence-electron chi connectivity index (χ3n) is 4.60. The number of benzene rings is 2. The SMILES string of the molecule is CCSc1ccccc1C(=O)N(CCN(C)C)c1nc2c(C)ccc(C)c2s1.Cl. The number of fused-ring (bicyclic) bond motifs is 1. The fourth-order valence-corrected chi connectivity index (χ4v) is 4.95. The molecule has 1 aromatic heterocycles. The minimum absolute atomic E-state index is 0. The van der Waals surface area contributed by atoms with Crippen molar-refractivity contribution in [3.05, 3.63) is 53.1 Å². The Morgan fingerprint density at radius 1 is 1.07 bits per heavy atom. The van der Waals surface area contributed by atoms with Crippen molar-refractivity contribution in [1.29, 1.82) is 0 Å². The van der Waals surface area contributed by atoms with Gasteiger partial charge in [-0.15, -0.1) is 24.2 Å². The highest BCUT2D eigenvalue weighted by molar-refractivity contribution is 7.99. The molecule has 156 valence electrons. The molecule has 1 amide bonds. The third kappa shape index (κ3) is 5.31. The molecule has 0 atom stereocenters. The number of hydrogen-bond donors (Lipinski definition) is 0. The average Bonchev–Trinajstić information content (AvgIpc) is 3.12. The first-order valence-corrected chi connectivity index (χ1v) is 11.3. The molecule has 1 heterocycles. The molecule has 0 aliphatic rings. The van der Waals surface area contributed by atoms with Crippen LogP contribution in [0.15, 0.2) is 41.3 Å². The lowest BCUT2D eigenvalue weighted by Gasteiger charge is -2.23. The normalized spacial score (nSPS) is 11.0. The number of thioether (sulfide) groups is 1. The van der Waals surface area contributed by atoms with Crippen LogP contribution in [0.3, 0.4) is 0 Å². The first kappa shape index (κ1) is 23.7. The van der Waals surface area contributed by atoms with E-state index >= 15 is 0 Å². The Kier molecular flexibility index (Phi) is 8.52. The molecule has 29 heavy (non-hydrogen) atoms.